The molecule has 0 aliphatic rings. The molecule has 37 heavy (non-hydrogen) atoms. The molecule has 0 heterocycles. The highest BCUT2D eigenvalue weighted by Crippen LogP contribution is 2.26. The first-order valence-corrected chi connectivity index (χ1v) is 13.7. The Labute approximate surface area is 233 Å². The van der Waals surface area contributed by atoms with Gasteiger partial charge in [0.2, 0.25) is 5.91 Å². The Morgan fingerprint density at radius 1 is 0.811 bits per heavy atom. The first-order chi connectivity index (χ1) is 18.1. The predicted octanol–water partition coefficient (Wildman–Crippen LogP) is 6.42. The number of carbonyl (C=O) groups is 1. The zero-order chi connectivity index (χ0) is 25.9. The highest BCUT2D eigenvalue weighted by Gasteiger charge is 2.18. The Kier molecular flexibility index (Phi) is 10.1. The minimum Gasteiger partial charge on any atom is -0.494 e. The van der Waals surface area contributed by atoms with Gasteiger partial charge in [-0.05, 0) is 75.5 Å². The topological polar surface area (TPSA) is 55.6 Å². The van der Waals surface area contributed by atoms with Crippen LogP contribution in [0.2, 0.25) is 0 Å². The second-order valence-electron chi connectivity index (χ2n) is 9.23. The summed E-state index contributed by atoms with van der Waals surface area (Å²) in [7, 11) is 0. The van der Waals surface area contributed by atoms with Gasteiger partial charge >= 0.3 is 0 Å². The van der Waals surface area contributed by atoms with Crippen LogP contribution in [0.1, 0.15) is 34.6 Å². The fourth-order valence-electron chi connectivity index (χ4n) is 4.54. The van der Waals surface area contributed by atoms with Crippen LogP contribution in [0.4, 0.5) is 0 Å². The van der Waals surface area contributed by atoms with Crippen molar-refractivity contribution in [2.75, 3.05) is 19.7 Å². The summed E-state index contributed by atoms with van der Waals surface area (Å²) in [5.74, 6) is 0.710. The van der Waals surface area contributed by atoms with Gasteiger partial charge in [-0.2, -0.15) is 0 Å². The molecular weight excluding hydrogens is 571 g/mol. The zero-order valence-corrected chi connectivity index (χ0v) is 23.1. The molecule has 4 aromatic rings. The molecule has 1 amide bonds. The number of amides is 1. The minimum atomic E-state index is -0.338. The summed E-state index contributed by atoms with van der Waals surface area (Å²) in [6, 6.07) is 37.9. The maximum atomic E-state index is 11.3. The van der Waals surface area contributed by atoms with Gasteiger partial charge in [-0.15, -0.1) is 0 Å². The van der Waals surface area contributed by atoms with Gasteiger partial charge in [-0.1, -0.05) is 84.9 Å². The first kappa shape index (κ1) is 26.9. The summed E-state index contributed by atoms with van der Waals surface area (Å²) in [6.07, 6.45) is 1.11. The molecule has 0 aliphatic carbocycles. The van der Waals surface area contributed by atoms with Crippen LogP contribution in [-0.2, 0) is 17.8 Å². The molecule has 0 aromatic heterocycles. The summed E-state index contributed by atoms with van der Waals surface area (Å²) in [5, 5.41) is 0. The largest absolute Gasteiger partial charge is 0.494 e. The van der Waals surface area contributed by atoms with Crippen molar-refractivity contribution in [2.45, 2.75) is 25.3 Å². The van der Waals surface area contributed by atoms with E-state index in [9.17, 15) is 4.79 Å². The first-order valence-electron chi connectivity index (χ1n) is 12.6. The van der Waals surface area contributed by atoms with E-state index in [1.807, 2.05) is 24.3 Å². The molecule has 4 rings (SSSR count). The van der Waals surface area contributed by atoms with Crippen molar-refractivity contribution >= 4 is 28.5 Å². The van der Waals surface area contributed by atoms with Gasteiger partial charge < -0.3 is 10.5 Å². The van der Waals surface area contributed by atoms with E-state index in [0.29, 0.717) is 6.61 Å². The fourth-order valence-corrected chi connectivity index (χ4v) is 4.90. The third kappa shape index (κ3) is 8.72. The number of benzene rings is 4. The van der Waals surface area contributed by atoms with Crippen LogP contribution in [0.15, 0.2) is 109 Å². The second kappa shape index (κ2) is 14.0. The second-order valence-corrected chi connectivity index (χ2v) is 10.5. The lowest BCUT2D eigenvalue weighted by atomic mass is 9.90. The van der Waals surface area contributed by atoms with E-state index < -0.39 is 0 Å². The number of primary amides is 1. The van der Waals surface area contributed by atoms with Crippen molar-refractivity contribution in [3.8, 4) is 5.75 Å². The highest BCUT2D eigenvalue weighted by atomic mass is 127. The normalized spacial score (nSPS) is 11.1. The van der Waals surface area contributed by atoms with Crippen LogP contribution in [0.5, 0.6) is 5.75 Å². The summed E-state index contributed by atoms with van der Waals surface area (Å²) in [6.45, 7) is 3.29. The SMILES string of the molecule is NC(=O)Cc1cccc(OCCCN(Cc2ccc(I)cc2)CC(c2ccccc2)c2ccccc2)c1. The van der Waals surface area contributed by atoms with E-state index in [0.717, 1.165) is 37.4 Å². The quantitative estimate of drug-likeness (QED) is 0.142. The lowest BCUT2D eigenvalue weighted by molar-refractivity contribution is -0.117. The van der Waals surface area contributed by atoms with Crippen LogP contribution >= 0.6 is 22.6 Å². The number of nitrogens with zero attached hydrogens (tertiary/aromatic N) is 1. The number of rotatable bonds is 13. The Balaban J connectivity index is 1.46. The molecule has 4 nitrogen and oxygen atoms in total. The van der Waals surface area contributed by atoms with Gasteiger partial charge in [0, 0.05) is 29.1 Å². The van der Waals surface area contributed by atoms with E-state index in [-0.39, 0.29) is 18.2 Å². The van der Waals surface area contributed by atoms with E-state index in [1.54, 1.807) is 0 Å². The summed E-state index contributed by atoms with van der Waals surface area (Å²) in [4.78, 5) is 13.8. The fraction of sp³-hybridized carbons (Fsp3) is 0.219. The van der Waals surface area contributed by atoms with Crippen molar-refractivity contribution in [1.82, 2.24) is 4.90 Å². The molecule has 0 atom stereocenters. The summed E-state index contributed by atoms with van der Waals surface area (Å²) in [5.41, 5.74) is 10.2. The van der Waals surface area contributed by atoms with Gasteiger partial charge in [-0.25, -0.2) is 0 Å². The molecule has 0 unspecified atom stereocenters. The van der Waals surface area contributed by atoms with Crippen LogP contribution < -0.4 is 10.5 Å². The Hall–Kier alpha value is -3.16. The van der Waals surface area contributed by atoms with E-state index in [4.69, 9.17) is 10.5 Å². The molecule has 5 heteroatoms. The van der Waals surface area contributed by atoms with Crippen LogP contribution in [0, 0.1) is 3.57 Å². The molecule has 0 saturated carbocycles. The minimum absolute atomic E-state index is 0.224. The van der Waals surface area contributed by atoms with Crippen molar-refractivity contribution in [3.05, 3.63) is 135 Å². The van der Waals surface area contributed by atoms with E-state index in [2.05, 4.69) is 112 Å². The molecule has 2 N–H and O–H groups in total. The Morgan fingerprint density at radius 3 is 2.08 bits per heavy atom. The average molecular weight is 605 g/mol. The molecule has 0 saturated heterocycles. The van der Waals surface area contributed by atoms with E-state index in [1.165, 1.54) is 20.3 Å². The molecule has 0 aliphatic heterocycles. The number of halogens is 1. The third-order valence-corrected chi connectivity index (χ3v) is 7.05. The maximum Gasteiger partial charge on any atom is 0.221 e. The van der Waals surface area contributed by atoms with Gasteiger partial charge in [0.15, 0.2) is 0 Å². The van der Waals surface area contributed by atoms with Gasteiger partial charge in [-0.3, -0.25) is 9.69 Å². The van der Waals surface area contributed by atoms with Crippen LogP contribution in [0.3, 0.4) is 0 Å². The third-order valence-electron chi connectivity index (χ3n) is 6.33. The van der Waals surface area contributed by atoms with Crippen molar-refractivity contribution in [1.29, 1.82) is 0 Å². The van der Waals surface area contributed by atoms with Gasteiger partial charge in [0.1, 0.15) is 5.75 Å². The molecule has 0 radical (unpaired) electrons. The van der Waals surface area contributed by atoms with Crippen LogP contribution in [0.25, 0.3) is 0 Å². The maximum absolute atomic E-state index is 11.3. The summed E-state index contributed by atoms with van der Waals surface area (Å²) < 4.78 is 7.28. The molecule has 0 spiro atoms. The number of carbonyl (C=O) groups excluding carboxylic acids is 1. The number of hydrogen-bond donors (Lipinski definition) is 1. The lowest BCUT2D eigenvalue weighted by Gasteiger charge is -2.28. The van der Waals surface area contributed by atoms with Crippen LogP contribution in [-0.4, -0.2) is 30.5 Å². The van der Waals surface area contributed by atoms with E-state index >= 15 is 0 Å². The molecule has 0 fully saturated rings. The highest BCUT2D eigenvalue weighted by molar-refractivity contribution is 14.1. The monoisotopic (exact) mass is 604 g/mol. The van der Waals surface area contributed by atoms with Crippen molar-refractivity contribution < 1.29 is 9.53 Å². The Bertz CT molecular complexity index is 1210. The standard InChI is InChI=1S/C32H33IN2O2/c33-29-17-15-25(16-18-29)23-35(19-8-20-37-30-14-7-9-26(21-30)22-32(34)36)24-31(27-10-3-1-4-11-27)28-12-5-2-6-13-28/h1-7,9-18,21,31H,8,19-20,22-24H2,(H2,34,36). The average Bonchev–Trinajstić information content (AvgIpc) is 2.91. The predicted molar refractivity (Wildman–Crippen MR) is 159 cm³/mol. The molecular formula is C32H33IN2O2. The Morgan fingerprint density at radius 2 is 1.46 bits per heavy atom. The summed E-state index contributed by atoms with van der Waals surface area (Å²) >= 11 is 2.35. The van der Waals surface area contributed by atoms with Crippen molar-refractivity contribution in [3.63, 3.8) is 0 Å². The number of nitrogens with two attached hydrogens (primary N) is 1. The number of ether oxygens (including phenoxy) is 1. The van der Waals surface area contributed by atoms with Gasteiger partial charge in [0.25, 0.3) is 0 Å². The number of hydrogen-bond acceptors (Lipinski definition) is 3. The smallest absolute Gasteiger partial charge is 0.221 e. The van der Waals surface area contributed by atoms with Gasteiger partial charge in [0.05, 0.1) is 13.0 Å². The lowest BCUT2D eigenvalue weighted by Crippen LogP contribution is -2.30. The zero-order valence-electron chi connectivity index (χ0n) is 20.9. The van der Waals surface area contributed by atoms with Crippen molar-refractivity contribution in [2.24, 2.45) is 5.73 Å². The molecule has 190 valence electrons. The molecule has 4 aromatic carbocycles. The molecule has 0 bridgehead atoms.